The van der Waals surface area contributed by atoms with Crippen LogP contribution in [0.15, 0.2) is 24.3 Å². The molecule has 160 valence electrons. The third kappa shape index (κ3) is 7.98. The van der Waals surface area contributed by atoms with Crippen LogP contribution in [0.5, 0.6) is 0 Å². The van der Waals surface area contributed by atoms with Crippen molar-refractivity contribution in [3.8, 4) is 11.8 Å². The molecule has 4 N–H and O–H groups in total. The Morgan fingerprint density at radius 2 is 1.72 bits per heavy atom. The highest BCUT2D eigenvalue weighted by Crippen LogP contribution is 2.39. The average molecular weight is 423 g/mol. The van der Waals surface area contributed by atoms with E-state index in [1.165, 1.54) is 0 Å². The molecular weight excluding hydrogens is 392 g/mol. The van der Waals surface area contributed by atoms with E-state index in [1.807, 2.05) is 12.1 Å². The Hall–Kier alpha value is -1.58. The first kappa shape index (κ1) is 23.7. The number of hydrogen-bond acceptors (Lipinski definition) is 4. The Kier molecular flexibility index (Phi) is 9.96. The van der Waals surface area contributed by atoms with E-state index in [1.54, 1.807) is 12.1 Å². The second-order valence-electron chi connectivity index (χ2n) is 7.89. The van der Waals surface area contributed by atoms with Gasteiger partial charge in [0.15, 0.2) is 0 Å². The minimum absolute atomic E-state index is 0.00759. The maximum Gasteiger partial charge on any atom is 0.303 e. The Bertz CT molecular complexity index is 711. The number of aliphatic hydroxyl groups excluding tert-OH is 3. The minimum atomic E-state index is -0.812. The summed E-state index contributed by atoms with van der Waals surface area (Å²) in [6.07, 6.45) is 3.85. The Morgan fingerprint density at radius 3 is 2.41 bits per heavy atom. The highest BCUT2D eigenvalue weighted by molar-refractivity contribution is 6.31. The van der Waals surface area contributed by atoms with Crippen LogP contribution in [-0.2, 0) is 4.79 Å². The molecule has 1 fully saturated rings. The van der Waals surface area contributed by atoms with Crippen LogP contribution in [0.2, 0.25) is 5.02 Å². The lowest BCUT2D eigenvalue weighted by atomic mass is 9.85. The van der Waals surface area contributed by atoms with Gasteiger partial charge in [0.25, 0.3) is 0 Å². The quantitative estimate of drug-likeness (QED) is 0.341. The largest absolute Gasteiger partial charge is 0.481 e. The maximum absolute atomic E-state index is 10.5. The Morgan fingerprint density at radius 1 is 1.07 bits per heavy atom. The molecule has 1 aromatic carbocycles. The molecule has 0 heterocycles. The fraction of sp³-hybridized carbons (Fsp3) is 0.609. The summed E-state index contributed by atoms with van der Waals surface area (Å²) in [4.78, 5) is 10.5. The molecule has 2 unspecified atom stereocenters. The molecule has 1 saturated carbocycles. The van der Waals surface area contributed by atoms with Crippen molar-refractivity contribution >= 4 is 17.6 Å². The van der Waals surface area contributed by atoms with Crippen molar-refractivity contribution < 1.29 is 25.2 Å². The predicted octanol–water partition coefficient (Wildman–Crippen LogP) is 3.62. The molecule has 0 spiro atoms. The molecule has 0 saturated heterocycles. The van der Waals surface area contributed by atoms with Crippen molar-refractivity contribution in [1.82, 2.24) is 0 Å². The van der Waals surface area contributed by atoms with Gasteiger partial charge < -0.3 is 20.4 Å². The van der Waals surface area contributed by atoms with Crippen LogP contribution in [0.4, 0.5) is 0 Å². The van der Waals surface area contributed by atoms with Crippen LogP contribution >= 0.6 is 11.6 Å². The van der Waals surface area contributed by atoms with Crippen molar-refractivity contribution in [2.75, 3.05) is 0 Å². The number of aliphatic carboxylic acids is 1. The van der Waals surface area contributed by atoms with Crippen LogP contribution in [0.1, 0.15) is 63.4 Å². The van der Waals surface area contributed by atoms with E-state index >= 15 is 0 Å². The molecule has 29 heavy (non-hydrogen) atoms. The first-order valence-electron chi connectivity index (χ1n) is 10.4. The lowest BCUT2D eigenvalue weighted by Gasteiger charge is -2.24. The molecule has 5 nitrogen and oxygen atoms in total. The maximum atomic E-state index is 10.5. The Labute approximate surface area is 177 Å². The minimum Gasteiger partial charge on any atom is -0.481 e. The molecule has 0 amide bonds. The standard InChI is InChI=1S/C23H31ClO5/c24-20-9-6-5-7-16(20)11-12-17(25)13-14-19-18(21(26)15-22(19)27)8-3-1-2-4-10-23(28)29/h5-7,9,17-19,21-22,25-27H,1-4,8,10,13-15H2,(H,28,29)/t17?,18-,19?,21+,22-/m1/s1. The normalized spacial score (nSPS) is 24.7. The SMILES string of the molecule is O=C(O)CCCCCC[C@@H]1C(CCC(O)C#Cc2ccccc2Cl)[C@H](O)C[C@@H]1O. The van der Waals surface area contributed by atoms with Gasteiger partial charge in [0.2, 0.25) is 0 Å². The molecule has 5 atom stereocenters. The number of carboxylic acids is 1. The topological polar surface area (TPSA) is 98.0 Å². The molecule has 2 rings (SSSR count). The first-order chi connectivity index (χ1) is 13.9. The monoisotopic (exact) mass is 422 g/mol. The van der Waals surface area contributed by atoms with Crippen LogP contribution in [-0.4, -0.2) is 44.7 Å². The van der Waals surface area contributed by atoms with Gasteiger partial charge in [-0.1, -0.05) is 54.8 Å². The average Bonchev–Trinajstić information content (AvgIpc) is 2.94. The third-order valence-electron chi connectivity index (χ3n) is 5.72. The van der Waals surface area contributed by atoms with Gasteiger partial charge in [-0.05, 0) is 56.1 Å². The molecule has 1 aromatic rings. The van der Waals surface area contributed by atoms with E-state index in [-0.39, 0.29) is 18.3 Å². The molecule has 6 heteroatoms. The van der Waals surface area contributed by atoms with Crippen molar-refractivity contribution in [2.45, 2.75) is 76.1 Å². The van der Waals surface area contributed by atoms with Gasteiger partial charge in [0.05, 0.1) is 17.2 Å². The molecule has 0 aliphatic heterocycles. The van der Waals surface area contributed by atoms with Crippen molar-refractivity contribution in [3.05, 3.63) is 34.9 Å². The second-order valence-corrected chi connectivity index (χ2v) is 8.29. The highest BCUT2D eigenvalue weighted by Gasteiger charge is 2.40. The van der Waals surface area contributed by atoms with Gasteiger partial charge >= 0.3 is 5.97 Å². The zero-order chi connectivity index (χ0) is 21.2. The third-order valence-corrected chi connectivity index (χ3v) is 6.05. The van der Waals surface area contributed by atoms with E-state index in [0.717, 1.165) is 25.7 Å². The van der Waals surface area contributed by atoms with Gasteiger partial charge in [0.1, 0.15) is 6.10 Å². The fourth-order valence-corrected chi connectivity index (χ4v) is 4.32. The summed E-state index contributed by atoms with van der Waals surface area (Å²) in [5.74, 6) is 4.89. The predicted molar refractivity (Wildman–Crippen MR) is 113 cm³/mol. The van der Waals surface area contributed by atoms with Crippen molar-refractivity contribution in [1.29, 1.82) is 0 Å². The lowest BCUT2D eigenvalue weighted by molar-refractivity contribution is -0.137. The van der Waals surface area contributed by atoms with Crippen LogP contribution in [0, 0.1) is 23.7 Å². The fourth-order valence-electron chi connectivity index (χ4n) is 4.14. The summed E-state index contributed by atoms with van der Waals surface area (Å²) in [6, 6.07) is 7.21. The summed E-state index contributed by atoms with van der Waals surface area (Å²) in [7, 11) is 0. The van der Waals surface area contributed by atoms with E-state index in [0.29, 0.717) is 36.3 Å². The number of benzene rings is 1. The van der Waals surface area contributed by atoms with Crippen molar-refractivity contribution in [3.63, 3.8) is 0 Å². The number of carboxylic acid groups (broad SMARTS) is 1. The molecule has 1 aliphatic rings. The zero-order valence-corrected chi connectivity index (χ0v) is 17.4. The summed E-state index contributed by atoms with van der Waals surface area (Å²) in [5.41, 5.74) is 0.672. The molecular formula is C23H31ClO5. The van der Waals surface area contributed by atoms with E-state index in [9.17, 15) is 20.1 Å². The number of halogens is 1. The van der Waals surface area contributed by atoms with Crippen molar-refractivity contribution in [2.24, 2.45) is 11.8 Å². The van der Waals surface area contributed by atoms with Crippen LogP contribution < -0.4 is 0 Å². The van der Waals surface area contributed by atoms with Gasteiger partial charge in [-0.25, -0.2) is 0 Å². The van der Waals surface area contributed by atoms with E-state index < -0.39 is 24.3 Å². The molecule has 1 aliphatic carbocycles. The van der Waals surface area contributed by atoms with E-state index in [4.69, 9.17) is 16.7 Å². The number of aliphatic hydroxyl groups is 3. The zero-order valence-electron chi connectivity index (χ0n) is 16.6. The molecule has 0 aromatic heterocycles. The first-order valence-corrected chi connectivity index (χ1v) is 10.8. The van der Waals surface area contributed by atoms with Crippen LogP contribution in [0.3, 0.4) is 0 Å². The molecule has 0 bridgehead atoms. The Balaban J connectivity index is 1.79. The van der Waals surface area contributed by atoms with Gasteiger partial charge in [-0.15, -0.1) is 0 Å². The highest BCUT2D eigenvalue weighted by atomic mass is 35.5. The summed E-state index contributed by atoms with van der Waals surface area (Å²) < 4.78 is 0. The van der Waals surface area contributed by atoms with Gasteiger partial charge in [-0.2, -0.15) is 0 Å². The number of rotatable bonds is 10. The number of unbranched alkanes of at least 4 members (excludes halogenated alkanes) is 3. The number of hydrogen-bond donors (Lipinski definition) is 4. The van der Waals surface area contributed by atoms with Gasteiger partial charge in [-0.3, -0.25) is 4.79 Å². The number of carbonyl (C=O) groups is 1. The lowest BCUT2D eigenvalue weighted by Crippen LogP contribution is -2.23. The summed E-state index contributed by atoms with van der Waals surface area (Å²) in [5, 5.41) is 40.1. The second kappa shape index (κ2) is 12.2. The summed E-state index contributed by atoms with van der Waals surface area (Å²) >= 11 is 6.06. The smallest absolute Gasteiger partial charge is 0.303 e. The van der Waals surface area contributed by atoms with E-state index in [2.05, 4.69) is 11.8 Å². The summed E-state index contributed by atoms with van der Waals surface area (Å²) in [6.45, 7) is 0. The molecule has 0 radical (unpaired) electrons. The van der Waals surface area contributed by atoms with Gasteiger partial charge in [0, 0.05) is 12.0 Å². The van der Waals surface area contributed by atoms with Crippen LogP contribution in [0.25, 0.3) is 0 Å².